The Hall–Kier alpha value is -2.04. The van der Waals surface area contributed by atoms with E-state index in [0.29, 0.717) is 13.2 Å². The quantitative estimate of drug-likeness (QED) is 0.750. The molecule has 0 fully saturated rings. The summed E-state index contributed by atoms with van der Waals surface area (Å²) in [7, 11) is 0. The number of nitrogens with one attached hydrogen (secondary N) is 1. The lowest BCUT2D eigenvalue weighted by Gasteiger charge is -2.12. The summed E-state index contributed by atoms with van der Waals surface area (Å²) in [5, 5.41) is 11.4. The van der Waals surface area contributed by atoms with Crippen LogP contribution in [-0.2, 0) is 16.1 Å². The number of rotatable bonds is 7. The van der Waals surface area contributed by atoms with E-state index in [9.17, 15) is 9.59 Å². The van der Waals surface area contributed by atoms with Crippen LogP contribution in [0, 0.1) is 12.8 Å². The molecule has 1 rings (SSSR count). The number of carbonyl (C=O) groups is 2. The molecule has 5 heteroatoms. The van der Waals surface area contributed by atoms with Crippen LogP contribution in [0.3, 0.4) is 0 Å². The summed E-state index contributed by atoms with van der Waals surface area (Å²) in [5.74, 6) is -1.84. The van der Waals surface area contributed by atoms with Gasteiger partial charge in [0.15, 0.2) is 0 Å². The summed E-state index contributed by atoms with van der Waals surface area (Å²) in [6.07, 6.45) is 0.948. The minimum Gasteiger partial charge on any atom is -0.494 e. The highest BCUT2D eigenvalue weighted by atomic mass is 16.5. The molecule has 2 N–H and O–H groups in total. The number of aryl methyl sites for hydroxylation is 1. The molecule has 0 bridgehead atoms. The number of amides is 1. The SMILES string of the molecule is CCCOc1ccc(CNC(=O)C(C)C(=O)O)c(C)c1. The maximum absolute atomic E-state index is 11.6. The van der Waals surface area contributed by atoms with Gasteiger partial charge in [0, 0.05) is 6.54 Å². The van der Waals surface area contributed by atoms with Gasteiger partial charge in [-0.1, -0.05) is 13.0 Å². The minimum atomic E-state index is -1.12. The summed E-state index contributed by atoms with van der Waals surface area (Å²) in [6.45, 7) is 6.33. The third-order valence-electron chi connectivity index (χ3n) is 3.00. The van der Waals surface area contributed by atoms with Gasteiger partial charge in [0.25, 0.3) is 0 Å². The van der Waals surface area contributed by atoms with Crippen molar-refractivity contribution in [2.45, 2.75) is 33.7 Å². The van der Waals surface area contributed by atoms with Crippen LogP contribution in [0.15, 0.2) is 18.2 Å². The number of carboxylic acids is 1. The molecule has 0 aliphatic heterocycles. The van der Waals surface area contributed by atoms with Crippen LogP contribution >= 0.6 is 0 Å². The molecule has 110 valence electrons. The molecular weight excluding hydrogens is 258 g/mol. The summed E-state index contributed by atoms with van der Waals surface area (Å²) >= 11 is 0. The number of carboxylic acid groups (broad SMARTS) is 1. The first-order valence-electron chi connectivity index (χ1n) is 6.68. The van der Waals surface area contributed by atoms with E-state index in [0.717, 1.165) is 23.3 Å². The molecule has 20 heavy (non-hydrogen) atoms. The lowest BCUT2D eigenvalue weighted by Crippen LogP contribution is -2.33. The normalized spacial score (nSPS) is 11.8. The highest BCUT2D eigenvalue weighted by Crippen LogP contribution is 2.17. The number of hydrogen-bond donors (Lipinski definition) is 2. The van der Waals surface area contributed by atoms with Crippen molar-refractivity contribution in [1.29, 1.82) is 0 Å². The molecule has 1 aromatic rings. The van der Waals surface area contributed by atoms with Crippen molar-refractivity contribution < 1.29 is 19.4 Å². The van der Waals surface area contributed by atoms with E-state index in [1.165, 1.54) is 6.92 Å². The molecule has 1 amide bonds. The number of ether oxygens (including phenoxy) is 1. The van der Waals surface area contributed by atoms with Crippen molar-refractivity contribution in [3.63, 3.8) is 0 Å². The van der Waals surface area contributed by atoms with Crippen LogP contribution in [-0.4, -0.2) is 23.6 Å². The zero-order chi connectivity index (χ0) is 15.1. The van der Waals surface area contributed by atoms with E-state index < -0.39 is 17.8 Å². The molecule has 0 radical (unpaired) electrons. The second-order valence-electron chi connectivity index (χ2n) is 4.71. The summed E-state index contributed by atoms with van der Waals surface area (Å²) in [5.41, 5.74) is 1.95. The van der Waals surface area contributed by atoms with Crippen molar-refractivity contribution in [2.75, 3.05) is 6.61 Å². The van der Waals surface area contributed by atoms with Gasteiger partial charge in [-0.05, 0) is 43.5 Å². The van der Waals surface area contributed by atoms with Gasteiger partial charge in [0.1, 0.15) is 11.7 Å². The van der Waals surface area contributed by atoms with Crippen molar-refractivity contribution in [3.05, 3.63) is 29.3 Å². The average molecular weight is 279 g/mol. The molecule has 0 aromatic heterocycles. The smallest absolute Gasteiger partial charge is 0.315 e. The van der Waals surface area contributed by atoms with E-state index in [1.807, 2.05) is 32.0 Å². The van der Waals surface area contributed by atoms with Gasteiger partial charge in [-0.3, -0.25) is 9.59 Å². The first kappa shape index (κ1) is 16.0. The van der Waals surface area contributed by atoms with Crippen LogP contribution in [0.4, 0.5) is 0 Å². The Balaban J connectivity index is 2.60. The lowest BCUT2D eigenvalue weighted by molar-refractivity contribution is -0.146. The third-order valence-corrected chi connectivity index (χ3v) is 3.00. The molecular formula is C15H21NO4. The van der Waals surface area contributed by atoms with Gasteiger partial charge in [-0.2, -0.15) is 0 Å². The number of aliphatic carboxylic acids is 1. The second-order valence-corrected chi connectivity index (χ2v) is 4.71. The summed E-state index contributed by atoms with van der Waals surface area (Å²) in [6, 6.07) is 5.65. The Morgan fingerprint density at radius 1 is 1.40 bits per heavy atom. The van der Waals surface area contributed by atoms with Crippen LogP contribution in [0.2, 0.25) is 0 Å². The monoisotopic (exact) mass is 279 g/mol. The largest absolute Gasteiger partial charge is 0.494 e. The molecule has 1 aromatic carbocycles. The third kappa shape index (κ3) is 4.57. The molecule has 0 aliphatic carbocycles. The molecule has 5 nitrogen and oxygen atoms in total. The number of benzene rings is 1. The van der Waals surface area contributed by atoms with Crippen LogP contribution < -0.4 is 10.1 Å². The number of carbonyl (C=O) groups excluding carboxylic acids is 1. The van der Waals surface area contributed by atoms with E-state index in [1.54, 1.807) is 0 Å². The van der Waals surface area contributed by atoms with Gasteiger partial charge in [0.05, 0.1) is 6.61 Å². The van der Waals surface area contributed by atoms with Crippen molar-refractivity contribution in [3.8, 4) is 5.75 Å². The summed E-state index contributed by atoms with van der Waals surface area (Å²) in [4.78, 5) is 22.2. The Morgan fingerprint density at radius 2 is 2.10 bits per heavy atom. The van der Waals surface area contributed by atoms with Gasteiger partial charge in [0.2, 0.25) is 5.91 Å². The Morgan fingerprint density at radius 3 is 2.65 bits per heavy atom. The van der Waals surface area contributed by atoms with Crippen LogP contribution in [0.5, 0.6) is 5.75 Å². The van der Waals surface area contributed by atoms with Gasteiger partial charge >= 0.3 is 5.97 Å². The van der Waals surface area contributed by atoms with E-state index in [4.69, 9.17) is 9.84 Å². The maximum atomic E-state index is 11.6. The first-order chi connectivity index (χ1) is 9.45. The van der Waals surface area contributed by atoms with E-state index in [2.05, 4.69) is 5.32 Å². The molecule has 0 heterocycles. The highest BCUT2D eigenvalue weighted by Gasteiger charge is 2.19. The summed E-state index contributed by atoms with van der Waals surface area (Å²) < 4.78 is 5.52. The molecule has 0 spiro atoms. The van der Waals surface area contributed by atoms with E-state index >= 15 is 0 Å². The predicted molar refractivity (Wildman–Crippen MR) is 75.6 cm³/mol. The Labute approximate surface area is 118 Å². The molecule has 0 saturated carbocycles. The van der Waals surface area contributed by atoms with Crippen LogP contribution in [0.1, 0.15) is 31.4 Å². The standard InChI is InChI=1S/C15H21NO4/c1-4-7-20-13-6-5-12(10(2)8-13)9-16-14(17)11(3)15(18)19/h5-6,8,11H,4,7,9H2,1-3H3,(H,16,17)(H,18,19). The maximum Gasteiger partial charge on any atom is 0.315 e. The number of hydrogen-bond acceptors (Lipinski definition) is 3. The fraction of sp³-hybridized carbons (Fsp3) is 0.467. The zero-order valence-corrected chi connectivity index (χ0v) is 12.1. The van der Waals surface area contributed by atoms with Gasteiger partial charge < -0.3 is 15.2 Å². The minimum absolute atomic E-state index is 0.316. The Bertz CT molecular complexity index is 485. The fourth-order valence-corrected chi connectivity index (χ4v) is 1.62. The zero-order valence-electron chi connectivity index (χ0n) is 12.1. The van der Waals surface area contributed by atoms with Gasteiger partial charge in [-0.25, -0.2) is 0 Å². The predicted octanol–water partition coefficient (Wildman–Crippen LogP) is 2.12. The molecule has 1 unspecified atom stereocenters. The molecule has 0 saturated heterocycles. The van der Waals surface area contributed by atoms with Crippen LogP contribution in [0.25, 0.3) is 0 Å². The first-order valence-corrected chi connectivity index (χ1v) is 6.68. The van der Waals surface area contributed by atoms with Gasteiger partial charge in [-0.15, -0.1) is 0 Å². The van der Waals surface area contributed by atoms with Crippen molar-refractivity contribution in [2.24, 2.45) is 5.92 Å². The molecule has 0 aliphatic rings. The Kier molecular flexibility index (Phi) is 6.03. The molecule has 1 atom stereocenters. The van der Waals surface area contributed by atoms with E-state index in [-0.39, 0.29) is 0 Å². The average Bonchev–Trinajstić information content (AvgIpc) is 2.42. The topological polar surface area (TPSA) is 75.6 Å². The second kappa shape index (κ2) is 7.53. The highest BCUT2D eigenvalue weighted by molar-refractivity contribution is 5.96. The fourth-order valence-electron chi connectivity index (χ4n) is 1.62. The van der Waals surface area contributed by atoms with Crippen molar-refractivity contribution >= 4 is 11.9 Å². The lowest BCUT2D eigenvalue weighted by atomic mass is 10.1. The van der Waals surface area contributed by atoms with Crippen molar-refractivity contribution in [1.82, 2.24) is 5.32 Å².